The van der Waals surface area contributed by atoms with Crippen LogP contribution in [-0.4, -0.2) is 16.3 Å². The number of alkyl halides is 3. The number of amides is 1. The monoisotopic (exact) mass is 215 g/mol. The van der Waals surface area contributed by atoms with Crippen LogP contribution in [0.4, 0.5) is 13.2 Å². The topological polar surface area (TPSA) is 46.5 Å². The highest BCUT2D eigenvalue weighted by Gasteiger charge is 2.28. The van der Waals surface area contributed by atoms with E-state index >= 15 is 0 Å². The number of carbonyl (C=O) groups is 1. The Bertz CT molecular complexity index is 235. The average molecular weight is 215 g/mol. The Morgan fingerprint density at radius 2 is 2.08 bits per heavy atom. The number of halogens is 3. The molecule has 0 aromatic carbocycles. The standard InChI is InChI=1S/C6H8F3NO2S/c1-4(5(11)10-13-12)2-3-6(7,8)9/h4H,2-3H2,1H3. The molecule has 0 saturated carbocycles. The maximum atomic E-state index is 11.7. The highest BCUT2D eigenvalue weighted by molar-refractivity contribution is 7.55. The summed E-state index contributed by atoms with van der Waals surface area (Å²) in [6.45, 7) is 1.31. The second-order valence-corrected chi connectivity index (χ2v) is 2.89. The van der Waals surface area contributed by atoms with E-state index in [0.29, 0.717) is 0 Å². The number of hydrogen-bond acceptors (Lipinski definition) is 2. The van der Waals surface area contributed by atoms with Gasteiger partial charge >= 0.3 is 6.18 Å². The van der Waals surface area contributed by atoms with Crippen molar-refractivity contribution in [2.75, 3.05) is 0 Å². The van der Waals surface area contributed by atoms with Gasteiger partial charge in [0.25, 0.3) is 5.91 Å². The zero-order chi connectivity index (χ0) is 10.5. The molecule has 13 heavy (non-hydrogen) atoms. The van der Waals surface area contributed by atoms with E-state index in [1.54, 1.807) is 0 Å². The highest BCUT2D eigenvalue weighted by Crippen LogP contribution is 2.24. The quantitative estimate of drug-likeness (QED) is 0.721. The van der Waals surface area contributed by atoms with Gasteiger partial charge in [-0.3, -0.25) is 4.79 Å². The molecule has 0 rings (SSSR count). The predicted molar refractivity (Wildman–Crippen MR) is 40.0 cm³/mol. The summed E-state index contributed by atoms with van der Waals surface area (Å²) >= 11 is -0.284. The van der Waals surface area contributed by atoms with Crippen molar-refractivity contribution in [1.82, 2.24) is 0 Å². The van der Waals surface area contributed by atoms with Crippen molar-refractivity contribution < 1.29 is 22.2 Å². The number of carbonyl (C=O) groups excluding carboxylic acids is 1. The Balaban J connectivity index is 3.94. The zero-order valence-corrected chi connectivity index (χ0v) is 7.61. The summed E-state index contributed by atoms with van der Waals surface area (Å²) in [6, 6.07) is 0. The summed E-state index contributed by atoms with van der Waals surface area (Å²) in [5.41, 5.74) is 0. The first-order valence-corrected chi connectivity index (χ1v) is 4.17. The van der Waals surface area contributed by atoms with E-state index in [-0.39, 0.29) is 17.9 Å². The minimum absolute atomic E-state index is 0.284. The van der Waals surface area contributed by atoms with Crippen LogP contribution >= 0.6 is 0 Å². The lowest BCUT2D eigenvalue weighted by molar-refractivity contribution is -0.139. The van der Waals surface area contributed by atoms with Gasteiger partial charge in [0, 0.05) is 12.3 Å². The van der Waals surface area contributed by atoms with Crippen LogP contribution in [0.5, 0.6) is 0 Å². The third kappa shape index (κ3) is 6.44. The van der Waals surface area contributed by atoms with E-state index in [4.69, 9.17) is 0 Å². The average Bonchev–Trinajstić information content (AvgIpc) is 1.99. The molecular formula is C6H8F3NO2S. The molecule has 0 fully saturated rings. The molecule has 7 heteroatoms. The minimum atomic E-state index is -4.26. The van der Waals surface area contributed by atoms with Crippen molar-refractivity contribution in [1.29, 1.82) is 0 Å². The Morgan fingerprint density at radius 3 is 2.46 bits per heavy atom. The minimum Gasteiger partial charge on any atom is -0.271 e. The van der Waals surface area contributed by atoms with Gasteiger partial charge in [0.05, 0.1) is 0 Å². The maximum Gasteiger partial charge on any atom is 0.389 e. The van der Waals surface area contributed by atoms with Crippen LogP contribution in [0.3, 0.4) is 0 Å². The molecule has 0 saturated heterocycles. The molecule has 0 aliphatic heterocycles. The Kier molecular flexibility index (Phi) is 4.82. The van der Waals surface area contributed by atoms with Crippen LogP contribution in [0.15, 0.2) is 4.36 Å². The van der Waals surface area contributed by atoms with Gasteiger partial charge in [-0.25, -0.2) is 0 Å². The second kappa shape index (κ2) is 5.11. The van der Waals surface area contributed by atoms with Crippen molar-refractivity contribution >= 4 is 17.4 Å². The number of rotatable bonds is 3. The fourth-order valence-corrected chi connectivity index (χ4v) is 0.884. The SMILES string of the molecule is CC(CCC(F)(F)F)C(=O)N=S=O. The molecule has 0 aromatic rings. The van der Waals surface area contributed by atoms with Crippen molar-refractivity contribution in [2.45, 2.75) is 25.9 Å². The lowest BCUT2D eigenvalue weighted by Crippen LogP contribution is -2.14. The van der Waals surface area contributed by atoms with Crippen molar-refractivity contribution in [3.05, 3.63) is 0 Å². The lowest BCUT2D eigenvalue weighted by Gasteiger charge is -2.08. The van der Waals surface area contributed by atoms with E-state index in [1.165, 1.54) is 6.92 Å². The molecule has 0 aliphatic rings. The van der Waals surface area contributed by atoms with Gasteiger partial charge < -0.3 is 0 Å². The Labute approximate surface area is 76.6 Å². The summed E-state index contributed by atoms with van der Waals surface area (Å²) in [7, 11) is 0. The van der Waals surface area contributed by atoms with Crippen LogP contribution in [0.1, 0.15) is 19.8 Å². The summed E-state index contributed by atoms with van der Waals surface area (Å²) in [6.07, 6.45) is -5.62. The molecule has 0 aromatic heterocycles. The predicted octanol–water partition coefficient (Wildman–Crippen LogP) is 1.89. The molecule has 76 valence electrons. The molecule has 0 bridgehead atoms. The molecule has 0 aliphatic carbocycles. The summed E-state index contributed by atoms with van der Waals surface area (Å²) in [4.78, 5) is 10.7. The van der Waals surface area contributed by atoms with Crippen molar-refractivity contribution in [3.8, 4) is 0 Å². The van der Waals surface area contributed by atoms with Gasteiger partial charge in [-0.15, -0.1) is 4.36 Å². The molecule has 1 amide bonds. The van der Waals surface area contributed by atoms with Gasteiger partial charge in [0.2, 0.25) is 11.5 Å². The molecule has 0 N–H and O–H groups in total. The van der Waals surface area contributed by atoms with Crippen LogP contribution in [0.25, 0.3) is 0 Å². The van der Waals surface area contributed by atoms with Gasteiger partial charge in [0.1, 0.15) is 0 Å². The second-order valence-electron chi connectivity index (χ2n) is 2.56. The first-order chi connectivity index (χ1) is 5.87. The van der Waals surface area contributed by atoms with E-state index in [2.05, 4.69) is 4.36 Å². The molecule has 0 spiro atoms. The maximum absolute atomic E-state index is 11.7. The number of nitrogens with zero attached hydrogens (tertiary/aromatic N) is 1. The Hall–Kier alpha value is -0.720. The fraction of sp³-hybridized carbons (Fsp3) is 0.833. The molecule has 1 unspecified atom stereocenters. The van der Waals surface area contributed by atoms with Gasteiger partial charge in [-0.2, -0.15) is 17.4 Å². The molecule has 0 heterocycles. The largest absolute Gasteiger partial charge is 0.389 e. The first-order valence-electron chi connectivity index (χ1n) is 3.47. The summed E-state index contributed by atoms with van der Waals surface area (Å²) in [5, 5.41) is 0. The Morgan fingerprint density at radius 1 is 1.54 bits per heavy atom. The zero-order valence-electron chi connectivity index (χ0n) is 6.80. The molecular weight excluding hydrogens is 207 g/mol. The first kappa shape index (κ1) is 12.3. The van der Waals surface area contributed by atoms with Crippen LogP contribution in [-0.2, 0) is 16.3 Å². The lowest BCUT2D eigenvalue weighted by atomic mass is 10.1. The molecule has 3 nitrogen and oxygen atoms in total. The van der Waals surface area contributed by atoms with Gasteiger partial charge in [-0.05, 0) is 6.42 Å². The smallest absolute Gasteiger partial charge is 0.271 e. The van der Waals surface area contributed by atoms with Crippen molar-refractivity contribution in [3.63, 3.8) is 0 Å². The normalized spacial score (nSPS) is 13.5. The van der Waals surface area contributed by atoms with E-state index in [9.17, 15) is 22.2 Å². The fourth-order valence-electron chi connectivity index (χ4n) is 0.630. The third-order valence-electron chi connectivity index (χ3n) is 1.41. The van der Waals surface area contributed by atoms with E-state index < -0.39 is 24.4 Å². The van der Waals surface area contributed by atoms with E-state index in [0.717, 1.165) is 0 Å². The highest BCUT2D eigenvalue weighted by atomic mass is 32.1. The number of hydrogen-bond donors (Lipinski definition) is 0. The van der Waals surface area contributed by atoms with Gasteiger partial charge in [0.15, 0.2) is 0 Å². The van der Waals surface area contributed by atoms with Crippen LogP contribution in [0.2, 0.25) is 0 Å². The van der Waals surface area contributed by atoms with Crippen LogP contribution in [0, 0.1) is 5.92 Å². The van der Waals surface area contributed by atoms with E-state index in [1.807, 2.05) is 0 Å². The molecule has 1 atom stereocenters. The third-order valence-corrected chi connectivity index (χ3v) is 1.66. The van der Waals surface area contributed by atoms with Crippen molar-refractivity contribution in [2.24, 2.45) is 10.3 Å². The van der Waals surface area contributed by atoms with Gasteiger partial charge in [-0.1, -0.05) is 6.92 Å². The molecule has 0 radical (unpaired) electrons. The van der Waals surface area contributed by atoms with Crippen LogP contribution < -0.4 is 0 Å². The summed E-state index contributed by atoms with van der Waals surface area (Å²) in [5.74, 6) is -1.63. The summed E-state index contributed by atoms with van der Waals surface area (Å²) < 4.78 is 47.6.